The highest BCUT2D eigenvalue weighted by Gasteiger charge is 2.30. The van der Waals surface area contributed by atoms with Gasteiger partial charge < -0.3 is 10.2 Å². The second-order valence-electron chi connectivity index (χ2n) is 7.75. The molecule has 33 heavy (non-hydrogen) atoms. The Balaban J connectivity index is 1.27. The average molecular weight is 495 g/mol. The van der Waals surface area contributed by atoms with Crippen LogP contribution >= 0.6 is 22.9 Å². The first kappa shape index (κ1) is 23.5. The minimum atomic E-state index is -4.41. The molecule has 1 amide bonds. The molecule has 0 spiro atoms. The Morgan fingerprint density at radius 1 is 1.09 bits per heavy atom. The number of amides is 1. The van der Waals surface area contributed by atoms with E-state index in [2.05, 4.69) is 20.1 Å². The fraction of sp³-hybridized carbons (Fsp3) is 0.304. The summed E-state index contributed by atoms with van der Waals surface area (Å²) in [5.74, 6) is -0.400. The Labute approximate surface area is 198 Å². The predicted octanol–water partition coefficient (Wildman–Crippen LogP) is 5.07. The summed E-state index contributed by atoms with van der Waals surface area (Å²) in [7, 11) is 0. The van der Waals surface area contributed by atoms with Crippen LogP contribution in [0.5, 0.6) is 0 Å². The van der Waals surface area contributed by atoms with E-state index in [1.165, 1.54) is 17.4 Å². The van der Waals surface area contributed by atoms with Gasteiger partial charge in [0.05, 0.1) is 12.1 Å². The fourth-order valence-corrected chi connectivity index (χ4v) is 4.57. The van der Waals surface area contributed by atoms with Crippen LogP contribution in [0.25, 0.3) is 0 Å². The molecule has 0 bridgehead atoms. The Bertz CT molecular complexity index is 1100. The molecule has 174 valence electrons. The van der Waals surface area contributed by atoms with Gasteiger partial charge in [-0.25, -0.2) is 4.98 Å². The molecular weight excluding hydrogens is 473 g/mol. The normalized spacial score (nSPS) is 15.0. The van der Waals surface area contributed by atoms with E-state index in [1.807, 2.05) is 24.3 Å². The first-order valence-electron chi connectivity index (χ1n) is 10.4. The third-order valence-corrected chi connectivity index (χ3v) is 6.50. The van der Waals surface area contributed by atoms with E-state index in [-0.39, 0.29) is 12.2 Å². The van der Waals surface area contributed by atoms with E-state index < -0.39 is 17.6 Å². The maximum atomic E-state index is 12.8. The number of rotatable bonds is 6. The lowest BCUT2D eigenvalue weighted by Gasteiger charge is -2.35. The summed E-state index contributed by atoms with van der Waals surface area (Å²) in [6.07, 6.45) is -4.41. The summed E-state index contributed by atoms with van der Waals surface area (Å²) in [6, 6.07) is 12.7. The van der Waals surface area contributed by atoms with Crippen molar-refractivity contribution in [2.75, 3.05) is 31.1 Å². The van der Waals surface area contributed by atoms with Crippen molar-refractivity contribution in [3.63, 3.8) is 0 Å². The van der Waals surface area contributed by atoms with Gasteiger partial charge in [0, 0.05) is 48.8 Å². The second kappa shape index (κ2) is 10.1. The summed E-state index contributed by atoms with van der Waals surface area (Å²) < 4.78 is 38.5. The number of benzene rings is 2. The van der Waals surface area contributed by atoms with E-state index in [9.17, 15) is 18.0 Å². The lowest BCUT2D eigenvalue weighted by molar-refractivity contribution is -0.137. The lowest BCUT2D eigenvalue weighted by Crippen LogP contribution is -2.45. The van der Waals surface area contributed by atoms with Gasteiger partial charge in [-0.05, 0) is 42.0 Å². The number of hydrogen-bond donors (Lipinski definition) is 1. The molecule has 1 aliphatic heterocycles. The van der Waals surface area contributed by atoms with Crippen LogP contribution in [-0.2, 0) is 19.3 Å². The summed E-state index contributed by atoms with van der Waals surface area (Å²) in [4.78, 5) is 21.4. The molecule has 0 atom stereocenters. The molecule has 1 aromatic heterocycles. The quantitative estimate of drug-likeness (QED) is 0.520. The molecule has 0 aliphatic carbocycles. The van der Waals surface area contributed by atoms with Gasteiger partial charge in [-0.2, -0.15) is 13.2 Å². The number of nitrogens with one attached hydrogen (secondary N) is 1. The van der Waals surface area contributed by atoms with Crippen LogP contribution in [0, 0.1) is 0 Å². The van der Waals surface area contributed by atoms with Crippen LogP contribution in [-0.4, -0.2) is 42.0 Å². The number of anilines is 1. The molecule has 5 nitrogen and oxygen atoms in total. The van der Waals surface area contributed by atoms with Crippen molar-refractivity contribution in [1.82, 2.24) is 15.2 Å². The first-order chi connectivity index (χ1) is 15.8. The summed E-state index contributed by atoms with van der Waals surface area (Å²) >= 11 is 7.37. The standard InChI is InChI=1S/C23H22ClF3N4OS/c24-18-4-6-19(7-5-18)31-10-8-30(9-11-31)14-21-29-20(15-33-21)22(32)28-13-16-2-1-3-17(12-16)23(25,26)27/h1-7,12,15H,8-11,13-14H2,(H,28,32). The molecule has 10 heteroatoms. The second-order valence-corrected chi connectivity index (χ2v) is 9.13. The summed E-state index contributed by atoms with van der Waals surface area (Å²) in [6.45, 7) is 4.18. The lowest BCUT2D eigenvalue weighted by atomic mass is 10.1. The molecule has 0 unspecified atom stereocenters. The van der Waals surface area contributed by atoms with Gasteiger partial charge in [-0.1, -0.05) is 23.7 Å². The van der Waals surface area contributed by atoms with Crippen molar-refractivity contribution in [2.45, 2.75) is 19.3 Å². The van der Waals surface area contributed by atoms with Crippen molar-refractivity contribution in [3.8, 4) is 0 Å². The molecule has 4 rings (SSSR count). The summed E-state index contributed by atoms with van der Waals surface area (Å²) in [5, 5.41) is 5.88. The number of hydrogen-bond acceptors (Lipinski definition) is 5. The van der Waals surface area contributed by atoms with Crippen LogP contribution in [0.4, 0.5) is 18.9 Å². The van der Waals surface area contributed by atoms with Crippen molar-refractivity contribution in [3.05, 3.63) is 80.8 Å². The first-order valence-corrected chi connectivity index (χ1v) is 11.7. The molecule has 1 aliphatic rings. The highest BCUT2D eigenvalue weighted by atomic mass is 35.5. The molecule has 0 saturated carbocycles. The van der Waals surface area contributed by atoms with Crippen molar-refractivity contribution >= 4 is 34.5 Å². The largest absolute Gasteiger partial charge is 0.416 e. The zero-order chi connectivity index (χ0) is 23.4. The number of carbonyl (C=O) groups excluding carboxylic acids is 1. The molecule has 2 heterocycles. The third-order valence-electron chi connectivity index (χ3n) is 5.41. The van der Waals surface area contributed by atoms with E-state index in [1.54, 1.807) is 11.4 Å². The number of thiazole rings is 1. The topological polar surface area (TPSA) is 48.5 Å². The Morgan fingerprint density at radius 2 is 1.82 bits per heavy atom. The smallest absolute Gasteiger partial charge is 0.369 e. The van der Waals surface area contributed by atoms with E-state index >= 15 is 0 Å². The Hall–Kier alpha value is -2.62. The molecule has 0 radical (unpaired) electrons. The molecule has 1 fully saturated rings. The highest BCUT2D eigenvalue weighted by Crippen LogP contribution is 2.29. The molecule has 2 aromatic carbocycles. The number of aromatic nitrogens is 1. The van der Waals surface area contributed by atoms with Gasteiger partial charge >= 0.3 is 6.18 Å². The van der Waals surface area contributed by atoms with E-state index in [0.29, 0.717) is 12.1 Å². The predicted molar refractivity (Wildman–Crippen MR) is 124 cm³/mol. The zero-order valence-electron chi connectivity index (χ0n) is 17.6. The molecule has 3 aromatic rings. The van der Waals surface area contributed by atoms with Crippen LogP contribution in [0.3, 0.4) is 0 Å². The van der Waals surface area contributed by atoms with Crippen LogP contribution in [0.15, 0.2) is 53.9 Å². The minimum absolute atomic E-state index is 0.00225. The number of alkyl halides is 3. The van der Waals surface area contributed by atoms with Crippen LogP contribution in [0.2, 0.25) is 5.02 Å². The van der Waals surface area contributed by atoms with E-state index in [0.717, 1.165) is 54.0 Å². The number of piperazine rings is 1. The molecule has 1 saturated heterocycles. The van der Waals surface area contributed by atoms with Gasteiger partial charge in [-0.3, -0.25) is 9.69 Å². The van der Waals surface area contributed by atoms with Crippen molar-refractivity contribution in [2.24, 2.45) is 0 Å². The summed E-state index contributed by atoms with van der Waals surface area (Å²) in [5.41, 5.74) is 1.07. The average Bonchev–Trinajstić information content (AvgIpc) is 3.27. The maximum Gasteiger partial charge on any atom is 0.416 e. The minimum Gasteiger partial charge on any atom is -0.369 e. The maximum absolute atomic E-state index is 12.8. The zero-order valence-corrected chi connectivity index (χ0v) is 19.2. The van der Waals surface area contributed by atoms with Crippen molar-refractivity contribution < 1.29 is 18.0 Å². The molecular formula is C23H22ClF3N4OS. The van der Waals surface area contributed by atoms with Gasteiger partial charge in [0.25, 0.3) is 5.91 Å². The Kier molecular flexibility index (Phi) is 7.21. The van der Waals surface area contributed by atoms with Crippen LogP contribution < -0.4 is 10.2 Å². The number of carbonyl (C=O) groups is 1. The highest BCUT2D eigenvalue weighted by molar-refractivity contribution is 7.09. The fourth-order valence-electron chi connectivity index (χ4n) is 3.63. The molecule has 1 N–H and O–H groups in total. The van der Waals surface area contributed by atoms with E-state index in [4.69, 9.17) is 11.6 Å². The van der Waals surface area contributed by atoms with Crippen LogP contribution in [0.1, 0.15) is 26.6 Å². The Morgan fingerprint density at radius 3 is 2.52 bits per heavy atom. The van der Waals surface area contributed by atoms with Crippen molar-refractivity contribution in [1.29, 1.82) is 0 Å². The van der Waals surface area contributed by atoms with Gasteiger partial charge in [0.1, 0.15) is 10.7 Å². The van der Waals surface area contributed by atoms with Gasteiger partial charge in [0.2, 0.25) is 0 Å². The van der Waals surface area contributed by atoms with Gasteiger partial charge in [0.15, 0.2) is 0 Å². The third kappa shape index (κ3) is 6.25. The number of nitrogens with zero attached hydrogens (tertiary/aromatic N) is 3. The SMILES string of the molecule is O=C(NCc1cccc(C(F)(F)F)c1)c1csc(CN2CCN(c3ccc(Cl)cc3)CC2)n1. The van der Waals surface area contributed by atoms with Gasteiger partial charge in [-0.15, -0.1) is 11.3 Å². The number of halogens is 4. The monoisotopic (exact) mass is 494 g/mol.